The van der Waals surface area contributed by atoms with E-state index in [4.69, 9.17) is 4.74 Å². The first-order chi connectivity index (χ1) is 12.7. The van der Waals surface area contributed by atoms with Crippen molar-refractivity contribution in [2.24, 2.45) is 0 Å². The quantitative estimate of drug-likeness (QED) is 0.515. The predicted octanol–water partition coefficient (Wildman–Crippen LogP) is 0.760. The van der Waals surface area contributed by atoms with Crippen molar-refractivity contribution in [1.29, 1.82) is 0 Å². The van der Waals surface area contributed by atoms with Crippen LogP contribution in [0, 0.1) is 11.8 Å². The molecule has 0 aromatic carbocycles. The highest BCUT2D eigenvalue weighted by molar-refractivity contribution is 5.76. The van der Waals surface area contributed by atoms with Crippen molar-refractivity contribution in [3.63, 3.8) is 0 Å². The summed E-state index contributed by atoms with van der Waals surface area (Å²) in [5.41, 5.74) is 1.51. The summed E-state index contributed by atoms with van der Waals surface area (Å²) in [7, 11) is 0. The molecule has 8 heteroatoms. The van der Waals surface area contributed by atoms with Gasteiger partial charge < -0.3 is 20.1 Å². The SMILES string of the molecule is CCCCCCC#Cc1ncnc2c1ncn2[C@@H]1O[C@H](CO)[C@@H](O)[C@H]1O. The molecule has 1 fully saturated rings. The standard InChI is InChI=1S/C18H24N4O4/c1-2-3-4-5-6-7-8-12-14-17(20-10-19-12)22(11-21-14)18-16(25)15(24)13(9-23)26-18/h10-11,13,15-16,18,23-25H,2-6,9H2,1H3/t13-,15-,16-,18-/m1/s1. The van der Waals surface area contributed by atoms with E-state index in [0.29, 0.717) is 16.9 Å². The van der Waals surface area contributed by atoms with Crippen LogP contribution in [-0.2, 0) is 4.74 Å². The Balaban J connectivity index is 1.80. The van der Waals surface area contributed by atoms with E-state index in [2.05, 4.69) is 33.7 Å². The van der Waals surface area contributed by atoms with Crippen LogP contribution < -0.4 is 0 Å². The molecule has 0 unspecified atom stereocenters. The van der Waals surface area contributed by atoms with Gasteiger partial charge in [-0.2, -0.15) is 0 Å². The van der Waals surface area contributed by atoms with Crippen LogP contribution in [0.1, 0.15) is 50.9 Å². The normalized spacial score (nSPS) is 25.4. The summed E-state index contributed by atoms with van der Waals surface area (Å²) in [5, 5.41) is 29.4. The second-order valence-electron chi connectivity index (χ2n) is 6.39. The molecule has 0 saturated carbocycles. The highest BCUT2D eigenvalue weighted by Crippen LogP contribution is 2.31. The molecule has 3 N–H and O–H groups in total. The summed E-state index contributed by atoms with van der Waals surface area (Å²) in [6, 6.07) is 0. The number of fused-ring (bicyclic) bond motifs is 1. The number of aliphatic hydroxyl groups is 3. The predicted molar refractivity (Wildman–Crippen MR) is 94.0 cm³/mol. The molecule has 4 atom stereocenters. The number of ether oxygens (including phenoxy) is 1. The molecule has 0 bridgehead atoms. The second kappa shape index (κ2) is 8.56. The van der Waals surface area contributed by atoms with Crippen LogP contribution in [0.25, 0.3) is 11.2 Å². The number of aromatic nitrogens is 4. The zero-order chi connectivity index (χ0) is 18.5. The van der Waals surface area contributed by atoms with Crippen molar-refractivity contribution >= 4 is 11.2 Å². The Morgan fingerprint density at radius 3 is 2.73 bits per heavy atom. The van der Waals surface area contributed by atoms with E-state index in [1.807, 2.05) is 0 Å². The Kier molecular flexibility index (Phi) is 6.16. The molecule has 8 nitrogen and oxygen atoms in total. The van der Waals surface area contributed by atoms with Gasteiger partial charge in [-0.15, -0.1) is 0 Å². The average Bonchev–Trinajstić information content (AvgIpc) is 3.20. The molecule has 1 aliphatic heterocycles. The van der Waals surface area contributed by atoms with Crippen LogP contribution in [0.2, 0.25) is 0 Å². The van der Waals surface area contributed by atoms with Crippen LogP contribution >= 0.6 is 0 Å². The van der Waals surface area contributed by atoms with Crippen LogP contribution in [0.3, 0.4) is 0 Å². The number of unbranched alkanes of at least 4 members (excludes halogenated alkanes) is 4. The molecular weight excluding hydrogens is 336 g/mol. The lowest BCUT2D eigenvalue weighted by molar-refractivity contribution is -0.0511. The van der Waals surface area contributed by atoms with Gasteiger partial charge in [-0.25, -0.2) is 15.0 Å². The third-order valence-corrected chi connectivity index (χ3v) is 4.51. The van der Waals surface area contributed by atoms with Gasteiger partial charge in [-0.05, 0) is 12.3 Å². The lowest BCUT2D eigenvalue weighted by Gasteiger charge is -2.16. The van der Waals surface area contributed by atoms with E-state index in [9.17, 15) is 15.3 Å². The van der Waals surface area contributed by atoms with Gasteiger partial charge in [-0.3, -0.25) is 4.57 Å². The Morgan fingerprint density at radius 1 is 1.15 bits per heavy atom. The minimum Gasteiger partial charge on any atom is -0.394 e. The van der Waals surface area contributed by atoms with Crippen molar-refractivity contribution < 1.29 is 20.1 Å². The minimum absolute atomic E-state index is 0.384. The van der Waals surface area contributed by atoms with Gasteiger partial charge in [0.25, 0.3) is 0 Å². The Labute approximate surface area is 151 Å². The molecule has 3 rings (SSSR count). The smallest absolute Gasteiger partial charge is 0.166 e. The van der Waals surface area contributed by atoms with E-state index < -0.39 is 24.5 Å². The summed E-state index contributed by atoms with van der Waals surface area (Å²) in [5.74, 6) is 6.16. The van der Waals surface area contributed by atoms with Crippen LogP contribution in [0.15, 0.2) is 12.7 Å². The fourth-order valence-corrected chi connectivity index (χ4v) is 3.03. The van der Waals surface area contributed by atoms with Gasteiger partial charge in [0.15, 0.2) is 11.9 Å². The van der Waals surface area contributed by atoms with Crippen LogP contribution in [0.5, 0.6) is 0 Å². The fourth-order valence-electron chi connectivity index (χ4n) is 3.03. The summed E-state index contributed by atoms with van der Waals surface area (Å²) >= 11 is 0. The monoisotopic (exact) mass is 360 g/mol. The summed E-state index contributed by atoms with van der Waals surface area (Å²) in [6.07, 6.45) is 4.23. The number of hydrogen-bond acceptors (Lipinski definition) is 7. The summed E-state index contributed by atoms with van der Waals surface area (Å²) in [4.78, 5) is 12.7. The Bertz CT molecular complexity index is 797. The lowest BCUT2D eigenvalue weighted by atomic mass is 10.1. The van der Waals surface area contributed by atoms with Crippen molar-refractivity contribution in [2.45, 2.75) is 63.6 Å². The molecule has 2 aromatic heterocycles. The number of hydrogen-bond donors (Lipinski definition) is 3. The van der Waals surface area contributed by atoms with Crippen LogP contribution in [-0.4, -0.2) is 59.8 Å². The van der Waals surface area contributed by atoms with Gasteiger partial charge in [0.2, 0.25) is 0 Å². The van der Waals surface area contributed by atoms with Gasteiger partial charge >= 0.3 is 0 Å². The summed E-state index contributed by atoms with van der Waals surface area (Å²) in [6.45, 7) is 1.79. The van der Waals surface area contributed by atoms with E-state index >= 15 is 0 Å². The third kappa shape index (κ3) is 3.71. The zero-order valence-corrected chi connectivity index (χ0v) is 14.7. The molecule has 1 saturated heterocycles. The first-order valence-corrected chi connectivity index (χ1v) is 8.96. The van der Waals surface area contributed by atoms with Crippen molar-refractivity contribution in [3.05, 3.63) is 18.3 Å². The molecule has 3 heterocycles. The number of nitrogens with zero attached hydrogens (tertiary/aromatic N) is 4. The highest BCUT2D eigenvalue weighted by Gasteiger charge is 2.43. The maximum Gasteiger partial charge on any atom is 0.166 e. The van der Waals surface area contributed by atoms with Crippen molar-refractivity contribution in [1.82, 2.24) is 19.5 Å². The average molecular weight is 360 g/mol. The largest absolute Gasteiger partial charge is 0.394 e. The minimum atomic E-state index is -1.19. The summed E-state index contributed by atoms with van der Waals surface area (Å²) < 4.78 is 7.07. The van der Waals surface area contributed by atoms with E-state index in [-0.39, 0.29) is 6.61 Å². The second-order valence-corrected chi connectivity index (χ2v) is 6.39. The number of imidazole rings is 1. The molecule has 2 aromatic rings. The van der Waals surface area contributed by atoms with Crippen LogP contribution in [0.4, 0.5) is 0 Å². The fraction of sp³-hybridized carbons (Fsp3) is 0.611. The van der Waals surface area contributed by atoms with Crippen molar-refractivity contribution in [2.75, 3.05) is 6.61 Å². The van der Waals surface area contributed by atoms with E-state index in [1.165, 1.54) is 36.5 Å². The highest BCUT2D eigenvalue weighted by atomic mass is 16.6. The first kappa shape index (κ1) is 18.7. The Hall–Kier alpha value is -2.05. The van der Waals surface area contributed by atoms with Gasteiger partial charge in [0, 0.05) is 6.42 Å². The number of rotatable bonds is 6. The van der Waals surface area contributed by atoms with Crippen molar-refractivity contribution in [3.8, 4) is 11.8 Å². The Morgan fingerprint density at radius 2 is 2.00 bits per heavy atom. The number of aliphatic hydroxyl groups excluding tert-OH is 3. The van der Waals surface area contributed by atoms with E-state index in [1.54, 1.807) is 0 Å². The molecule has 140 valence electrons. The maximum absolute atomic E-state index is 10.2. The van der Waals surface area contributed by atoms with Gasteiger partial charge in [-0.1, -0.05) is 32.1 Å². The zero-order valence-electron chi connectivity index (χ0n) is 14.7. The molecule has 0 spiro atoms. The van der Waals surface area contributed by atoms with Gasteiger partial charge in [0.05, 0.1) is 12.9 Å². The third-order valence-electron chi connectivity index (χ3n) is 4.51. The molecule has 0 aliphatic carbocycles. The molecular formula is C18H24N4O4. The maximum atomic E-state index is 10.2. The van der Waals surface area contributed by atoms with E-state index in [0.717, 1.165) is 12.8 Å². The molecule has 0 radical (unpaired) electrons. The van der Waals surface area contributed by atoms with Gasteiger partial charge in [0.1, 0.15) is 35.8 Å². The lowest BCUT2D eigenvalue weighted by Crippen LogP contribution is -2.33. The molecule has 0 amide bonds. The molecule has 1 aliphatic rings. The topological polar surface area (TPSA) is 114 Å². The molecule has 26 heavy (non-hydrogen) atoms. The first-order valence-electron chi connectivity index (χ1n) is 8.96.